The van der Waals surface area contributed by atoms with E-state index in [1.54, 1.807) is 23.6 Å². The first-order valence-electron chi connectivity index (χ1n) is 8.12. The summed E-state index contributed by atoms with van der Waals surface area (Å²) in [6.07, 6.45) is 3.17. The third-order valence-corrected chi connectivity index (χ3v) is 8.42. The lowest BCUT2D eigenvalue weighted by atomic mass is 9.99. The lowest BCUT2D eigenvalue weighted by Gasteiger charge is -2.30. The van der Waals surface area contributed by atoms with E-state index < -0.39 is 10.0 Å². The predicted molar refractivity (Wildman–Crippen MR) is 99.2 cm³/mol. The third-order valence-electron chi connectivity index (χ3n) is 4.17. The number of thiazole rings is 1. The summed E-state index contributed by atoms with van der Waals surface area (Å²) in [6, 6.07) is 3.45. The molecule has 1 unspecified atom stereocenters. The third kappa shape index (κ3) is 4.28. The van der Waals surface area contributed by atoms with E-state index in [9.17, 15) is 13.2 Å². The molecule has 6 nitrogen and oxygen atoms in total. The molecule has 0 spiro atoms. The van der Waals surface area contributed by atoms with Gasteiger partial charge >= 0.3 is 0 Å². The Bertz CT molecular complexity index is 857. The second-order valence-corrected chi connectivity index (χ2v) is 10.9. The van der Waals surface area contributed by atoms with Gasteiger partial charge in [-0.3, -0.25) is 4.79 Å². The van der Waals surface area contributed by atoms with Crippen molar-refractivity contribution in [2.45, 2.75) is 37.4 Å². The minimum absolute atomic E-state index is 0.0895. The van der Waals surface area contributed by atoms with Gasteiger partial charge in [-0.1, -0.05) is 0 Å². The number of hydrogen-bond donors (Lipinski definition) is 1. The molecule has 1 N–H and O–H groups in total. The standard InChI is InChI=1S/C16H21N3O3S3/c1-11-5-6-15(23-11)25(21,22)19-7-3-4-13(10-19)16(20)18-9-14-8-17-12(2)24-14/h5-6,8,13H,3-4,7,9-10H2,1-2H3,(H,18,20). The van der Waals surface area contributed by atoms with Crippen molar-refractivity contribution < 1.29 is 13.2 Å². The fourth-order valence-corrected chi connectivity index (χ4v) is 6.55. The van der Waals surface area contributed by atoms with Gasteiger partial charge in [0, 0.05) is 29.0 Å². The van der Waals surface area contributed by atoms with Crippen molar-refractivity contribution in [3.8, 4) is 0 Å². The summed E-state index contributed by atoms with van der Waals surface area (Å²) >= 11 is 2.82. The van der Waals surface area contributed by atoms with Crippen LogP contribution in [0, 0.1) is 19.8 Å². The van der Waals surface area contributed by atoms with Crippen molar-refractivity contribution in [1.29, 1.82) is 0 Å². The van der Waals surface area contributed by atoms with Gasteiger partial charge in [0.2, 0.25) is 5.91 Å². The molecule has 25 heavy (non-hydrogen) atoms. The van der Waals surface area contributed by atoms with Gasteiger partial charge < -0.3 is 5.32 Å². The van der Waals surface area contributed by atoms with E-state index in [0.29, 0.717) is 30.1 Å². The fraction of sp³-hybridized carbons (Fsp3) is 0.500. The number of hydrogen-bond acceptors (Lipinski definition) is 6. The van der Waals surface area contributed by atoms with Crippen molar-refractivity contribution in [3.63, 3.8) is 0 Å². The zero-order chi connectivity index (χ0) is 18.0. The number of nitrogens with one attached hydrogen (secondary N) is 1. The number of piperidine rings is 1. The molecule has 1 saturated heterocycles. The molecule has 136 valence electrons. The van der Waals surface area contributed by atoms with E-state index in [1.165, 1.54) is 15.6 Å². The summed E-state index contributed by atoms with van der Waals surface area (Å²) in [5.74, 6) is -0.396. The number of sulfonamides is 1. The van der Waals surface area contributed by atoms with Crippen LogP contribution >= 0.6 is 22.7 Å². The lowest BCUT2D eigenvalue weighted by molar-refractivity contribution is -0.126. The molecule has 0 bridgehead atoms. The van der Waals surface area contributed by atoms with E-state index in [1.807, 2.05) is 19.9 Å². The Labute approximate surface area is 155 Å². The molecule has 1 aliphatic heterocycles. The Morgan fingerprint density at radius 1 is 1.36 bits per heavy atom. The second-order valence-electron chi connectivity index (χ2n) is 6.13. The van der Waals surface area contributed by atoms with E-state index in [0.717, 1.165) is 14.8 Å². The maximum Gasteiger partial charge on any atom is 0.252 e. The summed E-state index contributed by atoms with van der Waals surface area (Å²) < 4.78 is 27.3. The number of rotatable bonds is 5. The van der Waals surface area contributed by atoms with Crippen LogP contribution in [-0.2, 0) is 21.4 Å². The van der Waals surface area contributed by atoms with Crippen LogP contribution in [0.15, 0.2) is 22.5 Å². The molecule has 9 heteroatoms. The quantitative estimate of drug-likeness (QED) is 0.838. The van der Waals surface area contributed by atoms with Crippen molar-refractivity contribution in [1.82, 2.24) is 14.6 Å². The van der Waals surface area contributed by atoms with Crippen LogP contribution in [0.25, 0.3) is 0 Å². The molecule has 1 fully saturated rings. The molecule has 2 aromatic rings. The van der Waals surface area contributed by atoms with E-state index in [-0.39, 0.29) is 18.4 Å². The second kappa shape index (κ2) is 7.53. The number of amides is 1. The summed E-state index contributed by atoms with van der Waals surface area (Å²) in [5.41, 5.74) is 0. The average Bonchev–Trinajstić information content (AvgIpc) is 3.21. The van der Waals surface area contributed by atoms with Crippen molar-refractivity contribution in [2.24, 2.45) is 5.92 Å². The van der Waals surface area contributed by atoms with Crippen LogP contribution in [0.2, 0.25) is 0 Å². The predicted octanol–water partition coefficient (Wildman–Crippen LogP) is 2.54. The fourth-order valence-electron chi connectivity index (χ4n) is 2.86. The topological polar surface area (TPSA) is 79.4 Å². The molecule has 3 heterocycles. The number of thiophene rings is 1. The normalized spacial score (nSPS) is 19.0. The van der Waals surface area contributed by atoms with Gasteiger partial charge in [0.15, 0.2) is 0 Å². The SMILES string of the molecule is Cc1ccc(S(=O)(=O)N2CCCC(C(=O)NCc3cnc(C)s3)C2)s1. The van der Waals surface area contributed by atoms with Gasteiger partial charge in [-0.15, -0.1) is 22.7 Å². The number of carbonyl (C=O) groups is 1. The Hall–Kier alpha value is -1.29. The molecule has 1 atom stereocenters. The summed E-state index contributed by atoms with van der Waals surface area (Å²) in [4.78, 5) is 18.6. The van der Waals surface area contributed by atoms with Gasteiger partial charge in [-0.2, -0.15) is 4.31 Å². The monoisotopic (exact) mass is 399 g/mol. The van der Waals surface area contributed by atoms with Crippen LogP contribution in [0.1, 0.15) is 27.6 Å². The van der Waals surface area contributed by atoms with Crippen LogP contribution in [0.3, 0.4) is 0 Å². The molecule has 0 radical (unpaired) electrons. The average molecular weight is 400 g/mol. The number of nitrogens with zero attached hydrogens (tertiary/aromatic N) is 2. The smallest absolute Gasteiger partial charge is 0.252 e. The summed E-state index contributed by atoms with van der Waals surface area (Å²) in [7, 11) is -3.51. The largest absolute Gasteiger partial charge is 0.351 e. The molecular weight excluding hydrogens is 378 g/mol. The highest BCUT2D eigenvalue weighted by molar-refractivity contribution is 7.91. The van der Waals surface area contributed by atoms with Crippen LogP contribution in [0.4, 0.5) is 0 Å². The van der Waals surface area contributed by atoms with Crippen LogP contribution < -0.4 is 5.32 Å². The van der Waals surface area contributed by atoms with Gasteiger partial charge in [-0.05, 0) is 38.8 Å². The molecule has 1 amide bonds. The van der Waals surface area contributed by atoms with Gasteiger partial charge in [-0.25, -0.2) is 13.4 Å². The molecule has 1 aliphatic rings. The Morgan fingerprint density at radius 3 is 2.80 bits per heavy atom. The molecule has 3 rings (SSSR count). The highest BCUT2D eigenvalue weighted by Gasteiger charge is 2.33. The lowest BCUT2D eigenvalue weighted by Crippen LogP contribution is -2.45. The van der Waals surface area contributed by atoms with Gasteiger partial charge in [0.25, 0.3) is 10.0 Å². The number of carbonyl (C=O) groups excluding carboxylic acids is 1. The zero-order valence-electron chi connectivity index (χ0n) is 14.2. The first-order valence-corrected chi connectivity index (χ1v) is 11.2. The van der Waals surface area contributed by atoms with Crippen molar-refractivity contribution >= 4 is 38.6 Å². The minimum Gasteiger partial charge on any atom is -0.351 e. The first kappa shape index (κ1) is 18.5. The molecule has 0 saturated carbocycles. The Morgan fingerprint density at radius 2 is 2.16 bits per heavy atom. The Kier molecular flexibility index (Phi) is 5.57. The van der Waals surface area contributed by atoms with Crippen LogP contribution in [-0.4, -0.2) is 36.7 Å². The molecule has 0 aromatic carbocycles. The van der Waals surface area contributed by atoms with Crippen molar-refractivity contribution in [3.05, 3.63) is 33.1 Å². The van der Waals surface area contributed by atoms with Crippen molar-refractivity contribution in [2.75, 3.05) is 13.1 Å². The first-order chi connectivity index (χ1) is 11.9. The van der Waals surface area contributed by atoms with E-state index in [2.05, 4.69) is 10.3 Å². The summed E-state index contributed by atoms with van der Waals surface area (Å²) in [5, 5.41) is 3.87. The maximum absolute atomic E-state index is 12.7. The maximum atomic E-state index is 12.7. The zero-order valence-corrected chi connectivity index (χ0v) is 16.6. The molecule has 0 aliphatic carbocycles. The van der Waals surface area contributed by atoms with E-state index in [4.69, 9.17) is 0 Å². The number of aryl methyl sites for hydroxylation is 2. The van der Waals surface area contributed by atoms with E-state index >= 15 is 0 Å². The highest BCUT2D eigenvalue weighted by atomic mass is 32.2. The van der Waals surface area contributed by atoms with Gasteiger partial charge in [0.1, 0.15) is 4.21 Å². The minimum atomic E-state index is -3.51. The molecule has 2 aromatic heterocycles. The Balaban J connectivity index is 1.63. The van der Waals surface area contributed by atoms with Crippen LogP contribution in [0.5, 0.6) is 0 Å². The highest BCUT2D eigenvalue weighted by Crippen LogP contribution is 2.28. The number of aromatic nitrogens is 1. The van der Waals surface area contributed by atoms with Gasteiger partial charge in [0.05, 0.1) is 17.5 Å². The molecular formula is C16H21N3O3S3. The summed E-state index contributed by atoms with van der Waals surface area (Å²) in [6.45, 7) is 4.96.